The number of aromatic amines is 1. The summed E-state index contributed by atoms with van der Waals surface area (Å²) in [6, 6.07) is 3.63. The van der Waals surface area contributed by atoms with Crippen LogP contribution in [-0.2, 0) is 21.2 Å². The molecule has 1 fully saturated rings. The number of alkyl carbamates (subject to hydrolysis) is 1. The third kappa shape index (κ3) is 4.84. The molecule has 1 unspecified atom stereocenters. The Balaban J connectivity index is 1.37. The number of nitrogens with one attached hydrogen (secondary N) is 4. The predicted molar refractivity (Wildman–Crippen MR) is 112 cm³/mol. The fraction of sp³-hybridized carbons (Fsp3) is 0.526. The summed E-state index contributed by atoms with van der Waals surface area (Å²) >= 11 is 0. The molecule has 0 aromatic carbocycles. The Labute approximate surface area is 175 Å². The summed E-state index contributed by atoms with van der Waals surface area (Å²) < 4.78 is 31.6. The highest BCUT2D eigenvalue weighted by molar-refractivity contribution is 7.92. The number of sulfonamides is 1. The molecular formula is C19H26N6O4S. The molecule has 30 heavy (non-hydrogen) atoms. The minimum atomic E-state index is -3.28. The smallest absolute Gasteiger partial charge is 0.407 e. The molecule has 0 saturated heterocycles. The van der Waals surface area contributed by atoms with Crippen molar-refractivity contribution in [3.8, 4) is 0 Å². The summed E-state index contributed by atoms with van der Waals surface area (Å²) in [6.07, 6.45) is 4.09. The van der Waals surface area contributed by atoms with E-state index in [1.807, 2.05) is 19.9 Å². The second-order valence-electron chi connectivity index (χ2n) is 8.07. The molecule has 3 heterocycles. The number of H-pyrrole nitrogens is 1. The van der Waals surface area contributed by atoms with Crippen LogP contribution in [0.25, 0.3) is 0 Å². The predicted octanol–water partition coefficient (Wildman–Crippen LogP) is 2.62. The molecule has 1 saturated carbocycles. The van der Waals surface area contributed by atoms with Gasteiger partial charge >= 0.3 is 6.09 Å². The number of hydrogen-bond acceptors (Lipinski definition) is 7. The number of carbonyl (C=O) groups excluding carboxylic acids is 1. The van der Waals surface area contributed by atoms with E-state index in [9.17, 15) is 13.2 Å². The van der Waals surface area contributed by atoms with Gasteiger partial charge < -0.3 is 15.4 Å². The van der Waals surface area contributed by atoms with Gasteiger partial charge in [-0.15, -0.1) is 0 Å². The van der Waals surface area contributed by atoms with Crippen LogP contribution < -0.4 is 15.4 Å². The minimum Gasteiger partial charge on any atom is -0.446 e. The standard InChI is InChI=1S/C19H26N6O4S/c1-11(2)21-19(26)29-14-4-3-12(7-14)15-8-18(24-23-15)22-17-9-16-13(10-20-17)5-6-30(27,28)25-16/h8-12,14,25H,3-7H2,1-2H3,(H,21,26)(H2,20,22,23,24)/t12-,14?/m0/s1. The first-order valence-corrected chi connectivity index (χ1v) is 11.7. The second kappa shape index (κ2) is 8.13. The van der Waals surface area contributed by atoms with Crippen LogP contribution in [0.5, 0.6) is 0 Å². The van der Waals surface area contributed by atoms with Gasteiger partial charge in [-0.3, -0.25) is 9.82 Å². The minimum absolute atomic E-state index is 0.0449. The van der Waals surface area contributed by atoms with E-state index in [-0.39, 0.29) is 29.9 Å². The summed E-state index contributed by atoms with van der Waals surface area (Å²) in [4.78, 5) is 16.1. The summed E-state index contributed by atoms with van der Waals surface area (Å²) in [6.45, 7) is 3.79. The SMILES string of the molecule is CC(C)NC(=O)OC1CC[C@H](c2cc(Nc3cc4c(cn3)CCS(=O)(=O)N4)n[nH]2)C1. The number of carbonyl (C=O) groups is 1. The van der Waals surface area contributed by atoms with Crippen molar-refractivity contribution < 1.29 is 17.9 Å². The zero-order chi connectivity index (χ0) is 21.3. The molecule has 2 aliphatic rings. The van der Waals surface area contributed by atoms with E-state index in [0.717, 1.165) is 30.5 Å². The Morgan fingerprint density at radius 1 is 1.27 bits per heavy atom. The van der Waals surface area contributed by atoms with Crippen LogP contribution in [0.3, 0.4) is 0 Å². The number of aromatic nitrogens is 3. The first-order valence-electron chi connectivity index (χ1n) is 10.1. The molecule has 10 nitrogen and oxygen atoms in total. The van der Waals surface area contributed by atoms with Gasteiger partial charge in [-0.1, -0.05) is 0 Å². The van der Waals surface area contributed by atoms with Crippen molar-refractivity contribution in [3.05, 3.63) is 29.6 Å². The fourth-order valence-electron chi connectivity index (χ4n) is 3.80. The van der Waals surface area contributed by atoms with Crippen molar-refractivity contribution >= 4 is 33.4 Å². The van der Waals surface area contributed by atoms with Gasteiger partial charge in [0.05, 0.1) is 11.4 Å². The molecule has 4 N–H and O–H groups in total. The topological polar surface area (TPSA) is 138 Å². The van der Waals surface area contributed by atoms with E-state index in [4.69, 9.17) is 4.74 Å². The number of aryl methyl sites for hydroxylation is 1. The van der Waals surface area contributed by atoms with E-state index in [0.29, 0.717) is 23.7 Å². The lowest BCUT2D eigenvalue weighted by Gasteiger charge is -2.18. The van der Waals surface area contributed by atoms with Crippen LogP contribution in [0.2, 0.25) is 0 Å². The number of nitrogens with zero attached hydrogens (tertiary/aromatic N) is 2. The molecule has 2 atom stereocenters. The Hall–Kier alpha value is -2.82. The summed E-state index contributed by atoms with van der Waals surface area (Å²) in [5.41, 5.74) is 2.38. The van der Waals surface area contributed by atoms with Crippen molar-refractivity contribution in [2.45, 2.75) is 57.6 Å². The number of ether oxygens (including phenoxy) is 1. The highest BCUT2D eigenvalue weighted by atomic mass is 32.2. The number of rotatable bonds is 5. The van der Waals surface area contributed by atoms with Crippen LogP contribution >= 0.6 is 0 Å². The molecule has 4 rings (SSSR count). The molecule has 11 heteroatoms. The molecular weight excluding hydrogens is 408 g/mol. The maximum absolute atomic E-state index is 11.8. The average Bonchev–Trinajstić information content (AvgIpc) is 3.29. The zero-order valence-electron chi connectivity index (χ0n) is 16.9. The lowest BCUT2D eigenvalue weighted by Crippen LogP contribution is -2.33. The molecule has 1 aliphatic carbocycles. The molecule has 2 aromatic rings. The Morgan fingerprint density at radius 2 is 2.10 bits per heavy atom. The van der Waals surface area contributed by atoms with Crippen LogP contribution in [0.4, 0.5) is 22.1 Å². The van der Waals surface area contributed by atoms with Gasteiger partial charge in [0.2, 0.25) is 10.0 Å². The van der Waals surface area contributed by atoms with Crippen molar-refractivity contribution in [2.24, 2.45) is 0 Å². The van der Waals surface area contributed by atoms with Gasteiger partial charge in [-0.25, -0.2) is 18.2 Å². The zero-order valence-corrected chi connectivity index (χ0v) is 17.8. The summed E-state index contributed by atoms with van der Waals surface area (Å²) in [5.74, 6) is 1.41. The largest absolute Gasteiger partial charge is 0.446 e. The quantitative estimate of drug-likeness (QED) is 0.567. The average molecular weight is 435 g/mol. The molecule has 2 aromatic heterocycles. The van der Waals surface area contributed by atoms with Crippen LogP contribution in [0.1, 0.15) is 50.3 Å². The van der Waals surface area contributed by atoms with Gasteiger partial charge in [-0.05, 0) is 45.1 Å². The van der Waals surface area contributed by atoms with E-state index in [1.54, 1.807) is 12.3 Å². The number of anilines is 3. The van der Waals surface area contributed by atoms with Crippen molar-refractivity contribution in [1.82, 2.24) is 20.5 Å². The Morgan fingerprint density at radius 3 is 2.90 bits per heavy atom. The van der Waals surface area contributed by atoms with Gasteiger partial charge in [0, 0.05) is 36.0 Å². The van der Waals surface area contributed by atoms with E-state index < -0.39 is 10.0 Å². The monoisotopic (exact) mass is 434 g/mol. The molecule has 162 valence electrons. The summed E-state index contributed by atoms with van der Waals surface area (Å²) in [5, 5.41) is 13.2. The lowest BCUT2D eigenvalue weighted by atomic mass is 10.0. The molecule has 0 bridgehead atoms. The third-order valence-corrected chi connectivity index (χ3v) is 6.52. The fourth-order valence-corrected chi connectivity index (χ4v) is 4.92. The van der Waals surface area contributed by atoms with Gasteiger partial charge in [-0.2, -0.15) is 5.10 Å². The molecule has 1 aliphatic heterocycles. The second-order valence-corrected chi connectivity index (χ2v) is 9.91. The Bertz CT molecular complexity index is 1040. The Kier molecular flexibility index (Phi) is 5.54. The van der Waals surface area contributed by atoms with E-state index >= 15 is 0 Å². The van der Waals surface area contributed by atoms with Crippen LogP contribution in [0.15, 0.2) is 18.3 Å². The van der Waals surface area contributed by atoms with Crippen molar-refractivity contribution in [3.63, 3.8) is 0 Å². The molecule has 0 radical (unpaired) electrons. The highest BCUT2D eigenvalue weighted by Crippen LogP contribution is 2.36. The van der Waals surface area contributed by atoms with Crippen molar-refractivity contribution in [1.29, 1.82) is 0 Å². The first kappa shape index (κ1) is 20.5. The normalized spacial score (nSPS) is 22.2. The number of hydrogen-bond donors (Lipinski definition) is 4. The summed E-state index contributed by atoms with van der Waals surface area (Å²) in [7, 11) is -3.28. The van der Waals surface area contributed by atoms with Crippen molar-refractivity contribution in [2.75, 3.05) is 15.8 Å². The number of pyridine rings is 1. The van der Waals surface area contributed by atoms with Crippen LogP contribution in [-0.4, -0.2) is 47.6 Å². The van der Waals surface area contributed by atoms with E-state index in [2.05, 4.69) is 30.5 Å². The number of amides is 1. The lowest BCUT2D eigenvalue weighted by molar-refractivity contribution is 0.0981. The van der Waals surface area contributed by atoms with Crippen LogP contribution in [0, 0.1) is 0 Å². The molecule has 1 amide bonds. The highest BCUT2D eigenvalue weighted by Gasteiger charge is 2.30. The van der Waals surface area contributed by atoms with E-state index in [1.165, 1.54) is 0 Å². The maximum atomic E-state index is 11.8. The van der Waals surface area contributed by atoms with Gasteiger partial charge in [0.25, 0.3) is 0 Å². The molecule has 0 spiro atoms. The first-order chi connectivity index (χ1) is 14.3. The number of fused-ring (bicyclic) bond motifs is 1. The third-order valence-electron chi connectivity index (χ3n) is 5.25. The maximum Gasteiger partial charge on any atom is 0.407 e. The van der Waals surface area contributed by atoms with Gasteiger partial charge in [0.1, 0.15) is 11.9 Å². The van der Waals surface area contributed by atoms with Gasteiger partial charge in [0.15, 0.2) is 5.82 Å².